The van der Waals surface area contributed by atoms with Crippen LogP contribution in [0.1, 0.15) is 16.7 Å². The first-order chi connectivity index (χ1) is 10.4. The molecule has 0 spiro atoms. The fourth-order valence-corrected chi connectivity index (χ4v) is 2.29. The minimum atomic E-state index is -4.38. The lowest BCUT2D eigenvalue weighted by molar-refractivity contribution is -0.137. The molecular formula is C16H11F3N2O. The SMILES string of the molecule is O=C1CN=C(c2ccc(C(F)(F)F)cc2)c2ccccc2N1. The second kappa shape index (κ2) is 5.29. The summed E-state index contributed by atoms with van der Waals surface area (Å²) in [6.45, 7) is -0.0644. The van der Waals surface area contributed by atoms with Crippen molar-refractivity contribution in [3.63, 3.8) is 0 Å². The Hall–Kier alpha value is -2.63. The minimum Gasteiger partial charge on any atom is -0.324 e. The molecule has 0 aromatic heterocycles. The van der Waals surface area contributed by atoms with E-state index in [1.54, 1.807) is 24.3 Å². The summed E-state index contributed by atoms with van der Waals surface area (Å²) in [6, 6.07) is 11.8. The van der Waals surface area contributed by atoms with E-state index in [0.717, 1.165) is 12.1 Å². The highest BCUT2D eigenvalue weighted by Gasteiger charge is 2.30. The van der Waals surface area contributed by atoms with E-state index in [9.17, 15) is 18.0 Å². The van der Waals surface area contributed by atoms with Crippen molar-refractivity contribution in [2.45, 2.75) is 6.18 Å². The quantitative estimate of drug-likeness (QED) is 0.861. The van der Waals surface area contributed by atoms with Crippen molar-refractivity contribution in [1.82, 2.24) is 0 Å². The highest BCUT2D eigenvalue weighted by molar-refractivity contribution is 6.19. The topological polar surface area (TPSA) is 41.5 Å². The van der Waals surface area contributed by atoms with Crippen molar-refractivity contribution in [2.75, 3.05) is 11.9 Å². The van der Waals surface area contributed by atoms with Crippen molar-refractivity contribution in [1.29, 1.82) is 0 Å². The molecule has 2 aromatic carbocycles. The van der Waals surface area contributed by atoms with Gasteiger partial charge in [0.25, 0.3) is 0 Å². The minimum absolute atomic E-state index is 0.0644. The third-order valence-corrected chi connectivity index (χ3v) is 3.32. The van der Waals surface area contributed by atoms with Crippen molar-refractivity contribution in [2.24, 2.45) is 4.99 Å². The summed E-state index contributed by atoms with van der Waals surface area (Å²) in [6.07, 6.45) is -4.38. The number of halogens is 3. The predicted octanol–water partition coefficient (Wildman–Crippen LogP) is 3.49. The van der Waals surface area contributed by atoms with E-state index in [0.29, 0.717) is 22.5 Å². The second-order valence-electron chi connectivity index (χ2n) is 4.83. The first-order valence-corrected chi connectivity index (χ1v) is 6.56. The molecule has 1 N–H and O–H groups in total. The van der Waals surface area contributed by atoms with E-state index >= 15 is 0 Å². The van der Waals surface area contributed by atoms with E-state index in [1.807, 2.05) is 0 Å². The number of rotatable bonds is 1. The molecule has 3 nitrogen and oxygen atoms in total. The summed E-state index contributed by atoms with van der Waals surface area (Å²) in [5, 5.41) is 2.72. The van der Waals surface area contributed by atoms with Crippen LogP contribution in [0.25, 0.3) is 0 Å². The van der Waals surface area contributed by atoms with Crippen LogP contribution in [0.15, 0.2) is 53.5 Å². The lowest BCUT2D eigenvalue weighted by atomic mass is 9.99. The molecule has 0 bridgehead atoms. The third-order valence-electron chi connectivity index (χ3n) is 3.32. The Labute approximate surface area is 124 Å². The average molecular weight is 304 g/mol. The van der Waals surface area contributed by atoms with Gasteiger partial charge in [-0.3, -0.25) is 9.79 Å². The van der Waals surface area contributed by atoms with E-state index in [2.05, 4.69) is 10.3 Å². The van der Waals surface area contributed by atoms with Crippen LogP contribution in [-0.2, 0) is 11.0 Å². The molecular weight excluding hydrogens is 293 g/mol. The number of alkyl halides is 3. The normalized spacial score (nSPS) is 14.7. The fraction of sp³-hybridized carbons (Fsp3) is 0.125. The number of nitrogens with one attached hydrogen (secondary N) is 1. The van der Waals surface area contributed by atoms with Gasteiger partial charge in [-0.05, 0) is 18.2 Å². The number of nitrogens with zero attached hydrogens (tertiary/aromatic N) is 1. The fourth-order valence-electron chi connectivity index (χ4n) is 2.29. The number of amides is 1. The number of anilines is 1. The highest BCUT2D eigenvalue weighted by Crippen LogP contribution is 2.30. The summed E-state index contributed by atoms with van der Waals surface area (Å²) in [4.78, 5) is 15.9. The van der Waals surface area contributed by atoms with Crippen molar-refractivity contribution in [3.8, 4) is 0 Å². The Morgan fingerprint density at radius 1 is 1.00 bits per heavy atom. The van der Waals surface area contributed by atoms with Crippen molar-refractivity contribution in [3.05, 3.63) is 65.2 Å². The van der Waals surface area contributed by atoms with Gasteiger partial charge in [0.05, 0.1) is 17.0 Å². The van der Waals surface area contributed by atoms with Gasteiger partial charge in [0.1, 0.15) is 6.54 Å². The number of para-hydroxylation sites is 1. The molecule has 0 unspecified atom stereocenters. The van der Waals surface area contributed by atoms with Crippen LogP contribution in [0.5, 0.6) is 0 Å². The van der Waals surface area contributed by atoms with Gasteiger partial charge in [0.15, 0.2) is 0 Å². The van der Waals surface area contributed by atoms with Gasteiger partial charge in [0.2, 0.25) is 5.91 Å². The maximum absolute atomic E-state index is 12.6. The first kappa shape index (κ1) is 14.3. The number of hydrogen-bond donors (Lipinski definition) is 1. The molecule has 1 amide bonds. The van der Waals surface area contributed by atoms with Gasteiger partial charge in [-0.25, -0.2) is 0 Å². The molecule has 6 heteroatoms. The Morgan fingerprint density at radius 3 is 2.36 bits per heavy atom. The van der Waals surface area contributed by atoms with E-state index < -0.39 is 11.7 Å². The molecule has 1 aliphatic heterocycles. The number of aliphatic imine (C=N–C) groups is 1. The molecule has 1 heterocycles. The monoisotopic (exact) mass is 304 g/mol. The Bertz CT molecular complexity index is 749. The van der Waals surface area contributed by atoms with Gasteiger partial charge in [-0.15, -0.1) is 0 Å². The van der Waals surface area contributed by atoms with Gasteiger partial charge in [-0.1, -0.05) is 30.3 Å². The summed E-state index contributed by atoms with van der Waals surface area (Å²) < 4.78 is 37.9. The number of carbonyl (C=O) groups excluding carboxylic acids is 1. The third kappa shape index (κ3) is 2.72. The van der Waals surface area contributed by atoms with Crippen LogP contribution >= 0.6 is 0 Å². The van der Waals surface area contributed by atoms with Crippen LogP contribution in [0.3, 0.4) is 0 Å². The number of carbonyl (C=O) groups is 1. The van der Waals surface area contributed by atoms with Gasteiger partial charge < -0.3 is 5.32 Å². The molecule has 2 aromatic rings. The second-order valence-corrected chi connectivity index (χ2v) is 4.83. The van der Waals surface area contributed by atoms with Crippen LogP contribution in [-0.4, -0.2) is 18.2 Å². The summed E-state index contributed by atoms with van der Waals surface area (Å²) in [7, 11) is 0. The van der Waals surface area contributed by atoms with Crippen molar-refractivity contribution < 1.29 is 18.0 Å². The maximum Gasteiger partial charge on any atom is 0.416 e. The molecule has 0 saturated carbocycles. The molecule has 1 aliphatic rings. The first-order valence-electron chi connectivity index (χ1n) is 6.56. The van der Waals surface area contributed by atoms with E-state index in [4.69, 9.17) is 0 Å². The molecule has 112 valence electrons. The number of fused-ring (bicyclic) bond motifs is 1. The maximum atomic E-state index is 12.6. The van der Waals surface area contributed by atoms with Gasteiger partial charge in [-0.2, -0.15) is 13.2 Å². The smallest absolute Gasteiger partial charge is 0.324 e. The zero-order valence-electron chi connectivity index (χ0n) is 11.3. The van der Waals surface area contributed by atoms with E-state index in [1.165, 1.54) is 12.1 Å². The molecule has 0 radical (unpaired) electrons. The van der Waals surface area contributed by atoms with Crippen LogP contribution in [0.4, 0.5) is 18.9 Å². The summed E-state index contributed by atoms with van der Waals surface area (Å²) >= 11 is 0. The van der Waals surface area contributed by atoms with Gasteiger partial charge in [0, 0.05) is 11.1 Å². The highest BCUT2D eigenvalue weighted by atomic mass is 19.4. The molecule has 0 aliphatic carbocycles. The zero-order chi connectivity index (χ0) is 15.7. The lowest BCUT2D eigenvalue weighted by Crippen LogP contribution is -2.13. The standard InChI is InChI=1S/C16H11F3N2O/c17-16(18,19)11-7-5-10(6-8-11)15-12-3-1-2-4-13(12)21-14(22)9-20-15/h1-8H,9H2,(H,21,22). The summed E-state index contributed by atoms with van der Waals surface area (Å²) in [5.74, 6) is -0.255. The molecule has 22 heavy (non-hydrogen) atoms. The summed E-state index contributed by atoms with van der Waals surface area (Å²) in [5.41, 5.74) is 1.62. The van der Waals surface area contributed by atoms with Crippen LogP contribution < -0.4 is 5.32 Å². The van der Waals surface area contributed by atoms with Gasteiger partial charge >= 0.3 is 6.18 Å². The van der Waals surface area contributed by atoms with Crippen LogP contribution in [0, 0.1) is 0 Å². The zero-order valence-corrected chi connectivity index (χ0v) is 11.3. The average Bonchev–Trinajstić information content (AvgIpc) is 2.65. The largest absolute Gasteiger partial charge is 0.416 e. The molecule has 0 fully saturated rings. The molecule has 0 saturated heterocycles. The van der Waals surface area contributed by atoms with Crippen LogP contribution in [0.2, 0.25) is 0 Å². The Balaban J connectivity index is 2.06. The van der Waals surface area contributed by atoms with E-state index in [-0.39, 0.29) is 12.5 Å². The molecule has 0 atom stereocenters. The number of hydrogen-bond acceptors (Lipinski definition) is 2. The number of benzene rings is 2. The van der Waals surface area contributed by atoms with Crippen molar-refractivity contribution >= 4 is 17.3 Å². The lowest BCUT2D eigenvalue weighted by Gasteiger charge is -2.11. The Kier molecular flexibility index (Phi) is 3.44. The number of benzodiazepines with no additional fused rings is 1. The molecule has 3 rings (SSSR count). The predicted molar refractivity (Wildman–Crippen MR) is 77.0 cm³/mol. The Morgan fingerprint density at radius 2 is 1.68 bits per heavy atom.